The zero-order chi connectivity index (χ0) is 12.3. The van der Waals surface area contributed by atoms with Crippen LogP contribution in [-0.4, -0.2) is 40.9 Å². The fourth-order valence-corrected chi connectivity index (χ4v) is 2.53. The average Bonchev–Trinajstić information content (AvgIpc) is 2.29. The molecule has 0 N–H and O–H groups in total. The second-order valence-electron chi connectivity index (χ2n) is 4.87. The maximum absolute atomic E-state index is 5.76. The van der Waals surface area contributed by atoms with Crippen molar-refractivity contribution in [3.05, 3.63) is 23.3 Å². The summed E-state index contributed by atoms with van der Waals surface area (Å²) in [5.41, 5.74) is 2.28. The number of hydrogen-bond acceptors (Lipinski definition) is 3. The molecule has 1 fully saturated rings. The summed E-state index contributed by atoms with van der Waals surface area (Å²) in [7, 11) is 2.18. The van der Waals surface area contributed by atoms with Crippen molar-refractivity contribution >= 4 is 11.6 Å². The second-order valence-corrected chi connectivity index (χ2v) is 5.24. The summed E-state index contributed by atoms with van der Waals surface area (Å²) in [6.45, 7) is 4.37. The van der Waals surface area contributed by atoms with E-state index in [1.165, 1.54) is 31.6 Å². The van der Waals surface area contributed by atoms with Gasteiger partial charge >= 0.3 is 0 Å². The summed E-state index contributed by atoms with van der Waals surface area (Å²) in [6.07, 6.45) is 3.17. The second kappa shape index (κ2) is 5.78. The van der Waals surface area contributed by atoms with Crippen LogP contribution in [0.1, 0.15) is 36.0 Å². The van der Waals surface area contributed by atoms with Crippen molar-refractivity contribution in [1.82, 2.24) is 14.9 Å². The molecule has 17 heavy (non-hydrogen) atoms. The quantitative estimate of drug-likeness (QED) is 0.775. The lowest BCUT2D eigenvalue weighted by molar-refractivity contribution is 0.253. The molecule has 3 nitrogen and oxygen atoms in total. The van der Waals surface area contributed by atoms with E-state index in [1.807, 2.05) is 6.92 Å². The Balaban J connectivity index is 2.14. The van der Waals surface area contributed by atoms with Crippen LogP contribution in [0.2, 0.25) is 0 Å². The van der Waals surface area contributed by atoms with Crippen LogP contribution < -0.4 is 0 Å². The molecule has 1 aromatic heterocycles. The van der Waals surface area contributed by atoms with Gasteiger partial charge in [-0.05, 0) is 46.0 Å². The molecule has 0 spiro atoms. The molecule has 0 radical (unpaired) electrons. The van der Waals surface area contributed by atoms with Gasteiger partial charge in [-0.15, -0.1) is 11.6 Å². The van der Waals surface area contributed by atoms with Crippen LogP contribution in [0.25, 0.3) is 0 Å². The number of aryl methyl sites for hydroxylation is 2. The van der Waals surface area contributed by atoms with Crippen molar-refractivity contribution in [3.63, 3.8) is 0 Å². The minimum absolute atomic E-state index is 0.594. The molecular formula is C13H20ClN3. The highest BCUT2D eigenvalue weighted by Crippen LogP contribution is 2.26. The third-order valence-electron chi connectivity index (χ3n) is 3.38. The average molecular weight is 254 g/mol. The zero-order valence-corrected chi connectivity index (χ0v) is 11.4. The van der Waals surface area contributed by atoms with Gasteiger partial charge in [0, 0.05) is 29.6 Å². The molecule has 1 aliphatic heterocycles. The largest absolute Gasteiger partial charge is 0.306 e. The molecule has 4 heteroatoms. The van der Waals surface area contributed by atoms with Crippen LogP contribution in [-0.2, 0) is 6.42 Å². The third-order valence-corrected chi connectivity index (χ3v) is 3.56. The highest BCUT2D eigenvalue weighted by molar-refractivity contribution is 6.17. The molecule has 1 aliphatic rings. The minimum Gasteiger partial charge on any atom is -0.306 e. The van der Waals surface area contributed by atoms with Crippen molar-refractivity contribution in [2.75, 3.05) is 26.0 Å². The predicted molar refractivity (Wildman–Crippen MR) is 70.7 cm³/mol. The maximum atomic E-state index is 5.76. The Labute approximate surface area is 108 Å². The van der Waals surface area contributed by atoms with Crippen LogP contribution >= 0.6 is 11.6 Å². The van der Waals surface area contributed by atoms with E-state index in [2.05, 4.69) is 28.0 Å². The van der Waals surface area contributed by atoms with Gasteiger partial charge in [-0.1, -0.05) is 0 Å². The number of hydrogen-bond donors (Lipinski definition) is 0. The van der Waals surface area contributed by atoms with E-state index in [0.717, 1.165) is 17.9 Å². The van der Waals surface area contributed by atoms with Crippen LogP contribution in [0.4, 0.5) is 0 Å². The monoisotopic (exact) mass is 253 g/mol. The molecule has 0 saturated carbocycles. The SMILES string of the molecule is Cc1cc(C2CCN(C)CC2)nc(CCCl)n1. The van der Waals surface area contributed by atoms with Crippen molar-refractivity contribution in [2.24, 2.45) is 0 Å². The molecule has 0 bridgehead atoms. The van der Waals surface area contributed by atoms with Gasteiger partial charge in [-0.2, -0.15) is 0 Å². The van der Waals surface area contributed by atoms with E-state index in [9.17, 15) is 0 Å². The minimum atomic E-state index is 0.594. The lowest BCUT2D eigenvalue weighted by atomic mass is 9.93. The number of halogens is 1. The first-order chi connectivity index (χ1) is 8.19. The highest BCUT2D eigenvalue weighted by Gasteiger charge is 2.20. The van der Waals surface area contributed by atoms with Crippen molar-refractivity contribution in [1.29, 1.82) is 0 Å². The first-order valence-electron chi connectivity index (χ1n) is 6.28. The molecule has 2 rings (SSSR count). The summed E-state index contributed by atoms with van der Waals surface area (Å²) in [6, 6.07) is 2.13. The van der Waals surface area contributed by atoms with Gasteiger partial charge in [0.15, 0.2) is 0 Å². The summed E-state index contributed by atoms with van der Waals surface area (Å²) >= 11 is 5.76. The molecule has 1 saturated heterocycles. The summed E-state index contributed by atoms with van der Waals surface area (Å²) in [5.74, 6) is 2.09. The molecule has 0 unspecified atom stereocenters. The smallest absolute Gasteiger partial charge is 0.130 e. The fraction of sp³-hybridized carbons (Fsp3) is 0.692. The first-order valence-corrected chi connectivity index (χ1v) is 6.81. The summed E-state index contributed by atoms with van der Waals surface area (Å²) < 4.78 is 0. The van der Waals surface area contributed by atoms with Crippen molar-refractivity contribution in [2.45, 2.75) is 32.1 Å². The molecule has 2 heterocycles. The molecule has 1 aromatic rings. The molecule has 0 amide bonds. The van der Waals surface area contributed by atoms with Crippen molar-refractivity contribution in [3.8, 4) is 0 Å². The Bertz CT molecular complexity index is 373. The number of piperidine rings is 1. The summed E-state index contributed by atoms with van der Waals surface area (Å²) in [5, 5.41) is 0. The van der Waals surface area contributed by atoms with Crippen LogP contribution in [0.15, 0.2) is 6.07 Å². The van der Waals surface area contributed by atoms with E-state index < -0.39 is 0 Å². The van der Waals surface area contributed by atoms with Crippen molar-refractivity contribution < 1.29 is 0 Å². The lowest BCUT2D eigenvalue weighted by Gasteiger charge is -2.28. The molecule has 0 atom stereocenters. The highest BCUT2D eigenvalue weighted by atomic mass is 35.5. The fourth-order valence-electron chi connectivity index (χ4n) is 2.37. The molecule has 0 aliphatic carbocycles. The molecular weight excluding hydrogens is 234 g/mol. The van der Waals surface area contributed by atoms with E-state index in [4.69, 9.17) is 11.6 Å². The lowest BCUT2D eigenvalue weighted by Crippen LogP contribution is -2.29. The number of alkyl halides is 1. The Morgan fingerprint density at radius 1 is 1.35 bits per heavy atom. The van der Waals surface area contributed by atoms with Crippen LogP contribution in [0.3, 0.4) is 0 Å². The van der Waals surface area contributed by atoms with Crippen LogP contribution in [0.5, 0.6) is 0 Å². The first kappa shape index (κ1) is 12.8. The van der Waals surface area contributed by atoms with Gasteiger partial charge in [-0.25, -0.2) is 9.97 Å². The molecule has 0 aromatic carbocycles. The number of aromatic nitrogens is 2. The number of likely N-dealkylation sites (tertiary alicyclic amines) is 1. The maximum Gasteiger partial charge on any atom is 0.130 e. The van der Waals surface area contributed by atoms with E-state index in [0.29, 0.717) is 11.8 Å². The zero-order valence-electron chi connectivity index (χ0n) is 10.6. The van der Waals surface area contributed by atoms with Gasteiger partial charge in [0.05, 0.1) is 0 Å². The number of rotatable bonds is 3. The Morgan fingerprint density at radius 3 is 2.71 bits per heavy atom. The van der Waals surface area contributed by atoms with Gasteiger partial charge in [0.2, 0.25) is 0 Å². The Morgan fingerprint density at radius 2 is 2.06 bits per heavy atom. The van der Waals surface area contributed by atoms with E-state index in [-0.39, 0.29) is 0 Å². The Hall–Kier alpha value is -0.670. The molecule has 94 valence electrons. The summed E-state index contributed by atoms with van der Waals surface area (Å²) in [4.78, 5) is 11.5. The standard InChI is InChI=1S/C13H20ClN3/c1-10-9-12(16-13(15-10)3-6-14)11-4-7-17(2)8-5-11/h9,11H,3-8H2,1-2H3. The predicted octanol–water partition coefficient (Wildman–Crippen LogP) is 2.38. The van der Waals surface area contributed by atoms with Gasteiger partial charge in [0.1, 0.15) is 5.82 Å². The normalized spacial score (nSPS) is 18.5. The van der Waals surface area contributed by atoms with Gasteiger partial charge in [0.25, 0.3) is 0 Å². The topological polar surface area (TPSA) is 29.0 Å². The Kier molecular flexibility index (Phi) is 4.35. The third kappa shape index (κ3) is 3.39. The number of nitrogens with zero attached hydrogens (tertiary/aromatic N) is 3. The van der Waals surface area contributed by atoms with Gasteiger partial charge < -0.3 is 4.90 Å². The van der Waals surface area contributed by atoms with E-state index in [1.54, 1.807) is 0 Å². The van der Waals surface area contributed by atoms with Crippen LogP contribution in [0, 0.1) is 6.92 Å². The van der Waals surface area contributed by atoms with E-state index >= 15 is 0 Å². The van der Waals surface area contributed by atoms with Gasteiger partial charge in [-0.3, -0.25) is 0 Å².